The first-order valence-electron chi connectivity index (χ1n) is 6.98. The van der Waals surface area contributed by atoms with Crippen LogP contribution in [-0.2, 0) is 10.0 Å². The highest BCUT2D eigenvalue weighted by Crippen LogP contribution is 2.36. The molecule has 1 atom stereocenters. The summed E-state index contributed by atoms with van der Waals surface area (Å²) in [6.45, 7) is 4.15. The van der Waals surface area contributed by atoms with E-state index in [9.17, 15) is 8.42 Å². The third-order valence-corrected chi connectivity index (χ3v) is 6.11. The van der Waals surface area contributed by atoms with Gasteiger partial charge in [-0.2, -0.15) is 5.26 Å². The van der Waals surface area contributed by atoms with E-state index < -0.39 is 10.0 Å². The molecule has 1 saturated carbocycles. The average Bonchev–Trinajstić information content (AvgIpc) is 2.41. The van der Waals surface area contributed by atoms with E-state index in [-0.39, 0.29) is 26.9 Å². The topological polar surface area (TPSA) is 70.0 Å². The molecule has 0 aliphatic heterocycles. The van der Waals surface area contributed by atoms with E-state index in [1.165, 1.54) is 18.2 Å². The largest absolute Gasteiger partial charge is 0.242 e. The highest BCUT2D eigenvalue weighted by Gasteiger charge is 2.35. The lowest BCUT2D eigenvalue weighted by atomic mass is 9.74. The quantitative estimate of drug-likeness (QED) is 0.924. The fourth-order valence-electron chi connectivity index (χ4n) is 2.74. The molecule has 0 radical (unpaired) electrons. The molecule has 4 nitrogen and oxygen atoms in total. The summed E-state index contributed by atoms with van der Waals surface area (Å²) in [5, 5.41) is 9.05. The second-order valence-corrected chi connectivity index (χ2v) is 8.25. The lowest BCUT2D eigenvalue weighted by Crippen LogP contribution is -2.46. The van der Waals surface area contributed by atoms with E-state index >= 15 is 0 Å². The van der Waals surface area contributed by atoms with Crippen molar-refractivity contribution in [1.82, 2.24) is 4.72 Å². The molecule has 0 heterocycles. The Labute approximate surface area is 131 Å². The van der Waals surface area contributed by atoms with Crippen LogP contribution in [0.4, 0.5) is 0 Å². The van der Waals surface area contributed by atoms with Gasteiger partial charge in [-0.3, -0.25) is 0 Å². The number of rotatable bonds is 3. The minimum atomic E-state index is -3.73. The molecule has 21 heavy (non-hydrogen) atoms. The predicted molar refractivity (Wildman–Crippen MR) is 82.5 cm³/mol. The lowest BCUT2D eigenvalue weighted by Gasteiger charge is -2.38. The van der Waals surface area contributed by atoms with Crippen molar-refractivity contribution >= 4 is 21.6 Å². The van der Waals surface area contributed by atoms with Gasteiger partial charge in [-0.1, -0.05) is 38.3 Å². The van der Waals surface area contributed by atoms with Crippen LogP contribution in [0.5, 0.6) is 0 Å². The summed E-state index contributed by atoms with van der Waals surface area (Å²) in [4.78, 5) is -0.0235. The molecule has 2 rings (SSSR count). The molecular weight excluding hydrogens is 308 g/mol. The Hall–Kier alpha value is -1.09. The third kappa shape index (κ3) is 3.57. The molecule has 1 aliphatic rings. The summed E-state index contributed by atoms with van der Waals surface area (Å²) < 4.78 is 27.9. The smallest absolute Gasteiger partial charge is 0.207 e. The van der Waals surface area contributed by atoms with Crippen molar-refractivity contribution in [2.24, 2.45) is 5.41 Å². The standard InChI is InChI=1S/C15H19ClN2O2S/c1-15(2)8-4-3-5-14(15)18-21(19,20)13-9-11(10-17)6-7-12(13)16/h6-7,9,14,18H,3-5,8H2,1-2H3. The molecule has 0 amide bonds. The third-order valence-electron chi connectivity index (χ3n) is 4.15. The van der Waals surface area contributed by atoms with Crippen LogP contribution < -0.4 is 4.72 Å². The van der Waals surface area contributed by atoms with Crippen LogP contribution in [0.1, 0.15) is 45.1 Å². The Bertz CT molecular complexity index is 677. The zero-order chi connectivity index (χ0) is 15.7. The fourth-order valence-corrected chi connectivity index (χ4v) is 4.71. The Kier molecular flexibility index (Phi) is 4.62. The average molecular weight is 327 g/mol. The molecule has 1 aliphatic carbocycles. The first-order chi connectivity index (χ1) is 9.76. The molecule has 0 saturated heterocycles. The summed E-state index contributed by atoms with van der Waals surface area (Å²) in [5.41, 5.74) is 0.202. The van der Waals surface area contributed by atoms with Gasteiger partial charge in [0.15, 0.2) is 0 Å². The van der Waals surface area contributed by atoms with Crippen LogP contribution in [0, 0.1) is 16.7 Å². The van der Waals surface area contributed by atoms with Gasteiger partial charge in [0.2, 0.25) is 10.0 Å². The maximum atomic E-state index is 12.6. The number of benzene rings is 1. The van der Waals surface area contributed by atoms with Crippen molar-refractivity contribution in [3.8, 4) is 6.07 Å². The second kappa shape index (κ2) is 5.96. The maximum absolute atomic E-state index is 12.6. The van der Waals surface area contributed by atoms with Crippen LogP contribution >= 0.6 is 11.6 Å². The van der Waals surface area contributed by atoms with E-state index in [1.54, 1.807) is 0 Å². The van der Waals surface area contributed by atoms with Gasteiger partial charge in [0, 0.05) is 6.04 Å². The zero-order valence-electron chi connectivity index (χ0n) is 12.2. The molecule has 6 heteroatoms. The van der Waals surface area contributed by atoms with Crippen molar-refractivity contribution in [1.29, 1.82) is 5.26 Å². The fraction of sp³-hybridized carbons (Fsp3) is 0.533. The number of nitrogens with one attached hydrogen (secondary N) is 1. The normalized spacial score (nSPS) is 21.7. The van der Waals surface area contributed by atoms with Crippen molar-refractivity contribution in [2.45, 2.75) is 50.5 Å². The highest BCUT2D eigenvalue weighted by molar-refractivity contribution is 7.89. The van der Waals surface area contributed by atoms with Crippen LogP contribution in [0.2, 0.25) is 5.02 Å². The van der Waals surface area contributed by atoms with E-state index in [1.807, 2.05) is 6.07 Å². The van der Waals surface area contributed by atoms with Crippen LogP contribution in [0.3, 0.4) is 0 Å². The molecule has 1 aromatic rings. The van der Waals surface area contributed by atoms with Crippen molar-refractivity contribution in [2.75, 3.05) is 0 Å². The summed E-state index contributed by atoms with van der Waals surface area (Å²) in [7, 11) is -3.73. The maximum Gasteiger partial charge on any atom is 0.242 e. The Morgan fingerprint density at radius 3 is 2.71 bits per heavy atom. The van der Waals surface area contributed by atoms with Crippen LogP contribution in [-0.4, -0.2) is 14.5 Å². The molecule has 0 spiro atoms. The second-order valence-electron chi connectivity index (χ2n) is 6.17. The molecule has 0 aromatic heterocycles. The molecule has 1 N–H and O–H groups in total. The van der Waals surface area contributed by atoms with Crippen molar-refractivity contribution in [3.63, 3.8) is 0 Å². The monoisotopic (exact) mass is 326 g/mol. The van der Waals surface area contributed by atoms with E-state index in [2.05, 4.69) is 18.6 Å². The molecule has 1 fully saturated rings. The number of nitrogens with zero attached hydrogens (tertiary/aromatic N) is 1. The van der Waals surface area contributed by atoms with Gasteiger partial charge in [0.25, 0.3) is 0 Å². The van der Waals surface area contributed by atoms with Gasteiger partial charge < -0.3 is 0 Å². The van der Waals surface area contributed by atoms with Crippen molar-refractivity contribution < 1.29 is 8.42 Å². The van der Waals surface area contributed by atoms with Gasteiger partial charge in [0.1, 0.15) is 4.90 Å². The Morgan fingerprint density at radius 1 is 1.38 bits per heavy atom. The van der Waals surface area contributed by atoms with Crippen LogP contribution in [0.25, 0.3) is 0 Å². The molecule has 114 valence electrons. The first-order valence-corrected chi connectivity index (χ1v) is 8.84. The van der Waals surface area contributed by atoms with Gasteiger partial charge in [-0.05, 0) is 36.5 Å². The molecule has 0 bridgehead atoms. The first kappa shape index (κ1) is 16.3. The minimum absolute atomic E-state index is 0.0235. The van der Waals surface area contributed by atoms with Crippen LogP contribution in [0.15, 0.2) is 23.1 Å². The number of hydrogen-bond donors (Lipinski definition) is 1. The summed E-state index contributed by atoms with van der Waals surface area (Å²) in [5.74, 6) is 0. The highest BCUT2D eigenvalue weighted by atomic mass is 35.5. The van der Waals surface area contributed by atoms with E-state index in [4.69, 9.17) is 16.9 Å². The van der Waals surface area contributed by atoms with Crippen molar-refractivity contribution in [3.05, 3.63) is 28.8 Å². The molecule has 1 aromatic carbocycles. The molecule has 1 unspecified atom stereocenters. The number of halogens is 1. The number of hydrogen-bond acceptors (Lipinski definition) is 3. The SMILES string of the molecule is CC1(C)CCCCC1NS(=O)(=O)c1cc(C#N)ccc1Cl. The van der Waals surface area contributed by atoms with E-state index in [0.29, 0.717) is 0 Å². The van der Waals surface area contributed by atoms with Gasteiger partial charge in [0.05, 0.1) is 16.7 Å². The summed E-state index contributed by atoms with van der Waals surface area (Å²) >= 11 is 6.00. The van der Waals surface area contributed by atoms with Gasteiger partial charge >= 0.3 is 0 Å². The Balaban J connectivity index is 2.33. The Morgan fingerprint density at radius 2 is 2.10 bits per heavy atom. The number of sulfonamides is 1. The molecular formula is C15H19ClN2O2S. The predicted octanol–water partition coefficient (Wildman–Crippen LogP) is 3.46. The minimum Gasteiger partial charge on any atom is -0.207 e. The lowest BCUT2D eigenvalue weighted by molar-refractivity contribution is 0.188. The summed E-state index contributed by atoms with van der Waals surface area (Å²) in [6.07, 6.45) is 3.95. The zero-order valence-corrected chi connectivity index (χ0v) is 13.8. The summed E-state index contributed by atoms with van der Waals surface area (Å²) in [6, 6.07) is 6.09. The van der Waals surface area contributed by atoms with Gasteiger partial charge in [-0.25, -0.2) is 13.1 Å². The van der Waals surface area contributed by atoms with Gasteiger partial charge in [-0.15, -0.1) is 0 Å². The number of nitriles is 1. The van der Waals surface area contributed by atoms with E-state index in [0.717, 1.165) is 25.7 Å².